The van der Waals surface area contributed by atoms with Crippen LogP contribution in [-0.4, -0.2) is 54.5 Å². The van der Waals surface area contributed by atoms with E-state index in [1.807, 2.05) is 0 Å². The predicted molar refractivity (Wildman–Crippen MR) is 107 cm³/mol. The number of aromatic amines is 2. The molecule has 0 unspecified atom stereocenters. The number of nitrogens with zero attached hydrogens (tertiary/aromatic N) is 4. The van der Waals surface area contributed by atoms with Crippen LogP contribution in [0, 0.1) is 0 Å². The van der Waals surface area contributed by atoms with Crippen molar-refractivity contribution in [1.82, 2.24) is 35.3 Å². The number of tetrazole rings is 1. The molecule has 0 saturated carbocycles. The van der Waals surface area contributed by atoms with Gasteiger partial charge in [-0.1, -0.05) is 18.2 Å². The number of rotatable bonds is 5. The Balaban J connectivity index is 2.21. The average molecular weight is 449 g/mol. The van der Waals surface area contributed by atoms with Crippen LogP contribution in [-0.2, 0) is 20.0 Å². The average Bonchev–Trinajstić information content (AvgIpc) is 3.34. The molecule has 7 N–H and O–H groups in total. The highest BCUT2D eigenvalue weighted by Gasteiger charge is 2.32. The van der Waals surface area contributed by atoms with E-state index in [2.05, 4.69) is 35.3 Å². The van der Waals surface area contributed by atoms with Gasteiger partial charge in [0.2, 0.25) is 25.9 Å². The number of nitrogens with one attached hydrogen (secondary N) is 3. The second kappa shape index (κ2) is 6.84. The van der Waals surface area contributed by atoms with Gasteiger partial charge >= 0.3 is 0 Å². The molecule has 13 nitrogen and oxygen atoms in total. The molecule has 2 aromatic heterocycles. The van der Waals surface area contributed by atoms with Crippen LogP contribution in [0.2, 0.25) is 0 Å². The Morgan fingerprint density at radius 2 is 1.83 bits per heavy atom. The summed E-state index contributed by atoms with van der Waals surface area (Å²) in [5.41, 5.74) is 7.37. The van der Waals surface area contributed by atoms with Crippen molar-refractivity contribution in [2.75, 3.05) is 12.8 Å². The number of hydrogen-bond acceptors (Lipinski definition) is 9. The molecule has 0 spiro atoms. The van der Waals surface area contributed by atoms with Crippen LogP contribution < -0.4 is 15.6 Å². The number of benzene rings is 2. The van der Waals surface area contributed by atoms with Crippen LogP contribution in [0.1, 0.15) is 0 Å². The standard InChI is InChI=1S/C15H15N9O4S2/c1-18-30(27,28)10-6-5-7(8-3-2-4-9-12(8)20-15(16)19-9)11(13(10)29(17,25)26)14-21-23-24-22-14/h2-6,18H,1H3,(H3,16,19,20)(H2,17,25,26)(H,21,22,23,24). The molecule has 0 saturated heterocycles. The summed E-state index contributed by atoms with van der Waals surface area (Å²) >= 11 is 0. The first-order valence-electron chi connectivity index (χ1n) is 8.25. The first-order valence-corrected chi connectivity index (χ1v) is 11.3. The van der Waals surface area contributed by atoms with Crippen molar-refractivity contribution in [2.24, 2.45) is 5.14 Å². The summed E-state index contributed by atoms with van der Waals surface area (Å²) in [5.74, 6) is -0.0118. The van der Waals surface area contributed by atoms with Gasteiger partial charge in [-0.2, -0.15) is 5.21 Å². The van der Waals surface area contributed by atoms with E-state index in [4.69, 9.17) is 10.9 Å². The lowest BCUT2D eigenvalue weighted by molar-refractivity contribution is 0.578. The van der Waals surface area contributed by atoms with Crippen LogP contribution in [0.4, 0.5) is 5.95 Å². The number of para-hydroxylation sites is 1. The molecule has 156 valence electrons. The molecule has 0 bridgehead atoms. The summed E-state index contributed by atoms with van der Waals surface area (Å²) < 4.78 is 52.2. The fourth-order valence-corrected chi connectivity index (χ4v) is 5.48. The number of H-pyrrole nitrogens is 2. The maximum Gasteiger partial charge on any atom is 0.241 e. The molecule has 0 amide bonds. The summed E-state index contributed by atoms with van der Waals surface area (Å²) in [7, 11) is -7.61. The lowest BCUT2D eigenvalue weighted by Crippen LogP contribution is -2.24. The van der Waals surface area contributed by atoms with Crippen LogP contribution in [0.5, 0.6) is 0 Å². The molecule has 0 aliphatic carbocycles. The van der Waals surface area contributed by atoms with Gasteiger partial charge in [0.15, 0.2) is 5.95 Å². The number of anilines is 1. The van der Waals surface area contributed by atoms with E-state index in [0.717, 1.165) is 13.1 Å². The zero-order valence-corrected chi connectivity index (χ0v) is 16.9. The van der Waals surface area contributed by atoms with Crippen molar-refractivity contribution >= 4 is 37.0 Å². The number of hydrogen-bond donors (Lipinski definition) is 5. The maximum absolute atomic E-state index is 12.5. The predicted octanol–water partition coefficient (Wildman–Crippen LogP) is -0.452. The number of primary sulfonamides is 1. The Morgan fingerprint density at radius 1 is 1.07 bits per heavy atom. The van der Waals surface area contributed by atoms with Crippen LogP contribution >= 0.6 is 0 Å². The van der Waals surface area contributed by atoms with E-state index in [1.165, 1.54) is 6.07 Å². The zero-order valence-electron chi connectivity index (χ0n) is 15.3. The molecule has 0 aliphatic heterocycles. The molecular formula is C15H15N9O4S2. The zero-order chi connectivity index (χ0) is 21.7. The van der Waals surface area contributed by atoms with Gasteiger partial charge in [0.1, 0.15) is 9.79 Å². The minimum atomic E-state index is -4.56. The fourth-order valence-electron chi connectivity index (χ4n) is 3.15. The first-order chi connectivity index (χ1) is 14.1. The molecule has 0 fully saturated rings. The third-order valence-electron chi connectivity index (χ3n) is 4.35. The maximum atomic E-state index is 12.5. The topological polar surface area (TPSA) is 215 Å². The highest BCUT2D eigenvalue weighted by atomic mass is 32.2. The summed E-state index contributed by atoms with van der Waals surface area (Å²) in [6.45, 7) is 0. The smallest absolute Gasteiger partial charge is 0.241 e. The lowest BCUT2D eigenvalue weighted by atomic mass is 9.98. The number of nitrogens with two attached hydrogens (primary N) is 2. The summed E-state index contributed by atoms with van der Waals surface area (Å²) in [6, 6.07) is 7.66. The molecule has 30 heavy (non-hydrogen) atoms. The van der Waals surface area contributed by atoms with Gasteiger partial charge < -0.3 is 10.7 Å². The van der Waals surface area contributed by atoms with E-state index in [1.54, 1.807) is 18.2 Å². The quantitative estimate of drug-likeness (QED) is 0.266. The molecule has 2 aromatic carbocycles. The largest absolute Gasteiger partial charge is 0.369 e. The van der Waals surface area contributed by atoms with Gasteiger partial charge in [-0.15, -0.1) is 10.2 Å². The van der Waals surface area contributed by atoms with Crippen molar-refractivity contribution in [3.8, 4) is 22.5 Å². The van der Waals surface area contributed by atoms with Gasteiger partial charge in [-0.3, -0.25) is 0 Å². The summed E-state index contributed by atoms with van der Waals surface area (Å²) in [5, 5.41) is 18.8. The van der Waals surface area contributed by atoms with Crippen molar-refractivity contribution in [1.29, 1.82) is 0 Å². The SMILES string of the molecule is CNS(=O)(=O)c1ccc(-c2cccc3[nH]c(N)nc23)c(-c2nn[nH]n2)c1S(N)(=O)=O. The molecule has 4 rings (SSSR count). The minimum absolute atomic E-state index is 0.142. The highest BCUT2D eigenvalue weighted by Crippen LogP contribution is 2.40. The van der Waals surface area contributed by atoms with E-state index >= 15 is 0 Å². The monoisotopic (exact) mass is 449 g/mol. The highest BCUT2D eigenvalue weighted by molar-refractivity contribution is 7.92. The molecule has 0 radical (unpaired) electrons. The van der Waals surface area contributed by atoms with Gasteiger partial charge in [0, 0.05) is 5.56 Å². The summed E-state index contributed by atoms with van der Waals surface area (Å²) in [6.07, 6.45) is 0. The second-order valence-electron chi connectivity index (χ2n) is 6.13. The molecular weight excluding hydrogens is 434 g/mol. The molecule has 0 aliphatic rings. The van der Waals surface area contributed by atoms with Crippen LogP contribution in [0.15, 0.2) is 40.1 Å². The second-order valence-corrected chi connectivity index (χ2v) is 9.48. The van der Waals surface area contributed by atoms with Gasteiger partial charge in [-0.05, 0) is 30.0 Å². The van der Waals surface area contributed by atoms with Crippen molar-refractivity contribution in [3.63, 3.8) is 0 Å². The van der Waals surface area contributed by atoms with Gasteiger partial charge in [0.05, 0.1) is 16.6 Å². The number of imidazole rings is 1. The number of sulfonamides is 2. The Bertz CT molecular complexity index is 1480. The van der Waals surface area contributed by atoms with Gasteiger partial charge in [0.25, 0.3) is 0 Å². The Kier molecular flexibility index (Phi) is 4.53. The van der Waals surface area contributed by atoms with Crippen LogP contribution in [0.3, 0.4) is 0 Å². The molecule has 4 aromatic rings. The van der Waals surface area contributed by atoms with E-state index in [9.17, 15) is 16.8 Å². The molecule has 15 heteroatoms. The first kappa shape index (κ1) is 19.9. The summed E-state index contributed by atoms with van der Waals surface area (Å²) in [4.78, 5) is 5.90. The minimum Gasteiger partial charge on any atom is -0.369 e. The van der Waals surface area contributed by atoms with Crippen molar-refractivity contribution < 1.29 is 16.8 Å². The van der Waals surface area contributed by atoms with Crippen molar-refractivity contribution in [2.45, 2.75) is 9.79 Å². The molecule has 0 atom stereocenters. The number of nitrogen functional groups attached to an aromatic ring is 1. The third-order valence-corrected chi connectivity index (χ3v) is 6.93. The fraction of sp³-hybridized carbons (Fsp3) is 0.0667. The van der Waals surface area contributed by atoms with E-state index < -0.39 is 29.8 Å². The lowest BCUT2D eigenvalue weighted by Gasteiger charge is -2.16. The number of fused-ring (bicyclic) bond motifs is 1. The van der Waals surface area contributed by atoms with Gasteiger partial charge in [-0.25, -0.2) is 31.7 Å². The third kappa shape index (κ3) is 3.18. The Hall–Kier alpha value is -3.40. The van der Waals surface area contributed by atoms with Crippen molar-refractivity contribution in [3.05, 3.63) is 30.3 Å². The van der Waals surface area contributed by atoms with E-state index in [-0.39, 0.29) is 22.9 Å². The number of aromatic nitrogens is 6. The van der Waals surface area contributed by atoms with E-state index in [0.29, 0.717) is 16.6 Å². The molecule has 2 heterocycles. The Morgan fingerprint density at radius 3 is 2.47 bits per heavy atom. The normalized spacial score (nSPS) is 12.5. The Labute approximate surface area is 170 Å². The van der Waals surface area contributed by atoms with Crippen LogP contribution in [0.25, 0.3) is 33.5 Å².